The van der Waals surface area contributed by atoms with Crippen LogP contribution in [0.25, 0.3) is 0 Å². The number of hydrogen-bond donors (Lipinski definition) is 3. The van der Waals surface area contributed by atoms with Gasteiger partial charge in [-0.1, -0.05) is 29.8 Å². The zero-order chi connectivity index (χ0) is 22.9. The highest BCUT2D eigenvalue weighted by Crippen LogP contribution is 2.18. The van der Waals surface area contributed by atoms with Crippen LogP contribution in [-0.2, 0) is 22.6 Å². The molecule has 9 heteroatoms. The van der Waals surface area contributed by atoms with Gasteiger partial charge in [-0.2, -0.15) is 0 Å². The van der Waals surface area contributed by atoms with E-state index in [2.05, 4.69) is 15.6 Å². The van der Waals surface area contributed by atoms with Crippen LogP contribution in [-0.4, -0.2) is 29.3 Å². The summed E-state index contributed by atoms with van der Waals surface area (Å²) < 4.78 is 5.72. The van der Waals surface area contributed by atoms with Crippen molar-refractivity contribution >= 4 is 34.7 Å². The first-order chi connectivity index (χ1) is 15.4. The fourth-order valence-corrected chi connectivity index (χ4v) is 3.52. The summed E-state index contributed by atoms with van der Waals surface area (Å²) in [4.78, 5) is 40.1. The van der Waals surface area contributed by atoms with Crippen LogP contribution < -0.4 is 21.1 Å². The normalized spacial score (nSPS) is 10.4. The molecule has 0 saturated carbocycles. The summed E-state index contributed by atoms with van der Waals surface area (Å²) in [5, 5.41) is 7.95. The molecule has 8 nitrogen and oxygen atoms in total. The van der Waals surface area contributed by atoms with Gasteiger partial charge >= 0.3 is 0 Å². The molecule has 4 N–H and O–H groups in total. The summed E-state index contributed by atoms with van der Waals surface area (Å²) in [6.07, 6.45) is 0.110. The number of primary amides is 1. The van der Waals surface area contributed by atoms with Gasteiger partial charge in [0.1, 0.15) is 17.4 Å². The number of benzene rings is 2. The summed E-state index contributed by atoms with van der Waals surface area (Å²) in [6.45, 7) is 2.46. The second-order valence-corrected chi connectivity index (χ2v) is 8.02. The summed E-state index contributed by atoms with van der Waals surface area (Å²) in [6, 6.07) is 14.4. The van der Waals surface area contributed by atoms with Crippen LogP contribution in [0.5, 0.6) is 5.75 Å². The van der Waals surface area contributed by atoms with Gasteiger partial charge in [0.05, 0.1) is 23.4 Å². The highest BCUT2D eigenvalue weighted by molar-refractivity contribution is 7.09. The Labute approximate surface area is 189 Å². The molecule has 0 saturated heterocycles. The molecular weight excluding hydrogens is 428 g/mol. The molecule has 0 unspecified atom stereocenters. The summed E-state index contributed by atoms with van der Waals surface area (Å²) in [5.74, 6) is -0.431. The Morgan fingerprint density at radius 3 is 2.59 bits per heavy atom. The minimum atomic E-state index is -0.501. The molecule has 3 aromatic rings. The number of aryl methyl sites for hydroxylation is 1. The molecule has 0 atom stereocenters. The van der Waals surface area contributed by atoms with Crippen LogP contribution in [0.15, 0.2) is 53.9 Å². The molecule has 1 heterocycles. The molecule has 166 valence electrons. The molecule has 32 heavy (non-hydrogen) atoms. The van der Waals surface area contributed by atoms with Crippen LogP contribution in [0.1, 0.15) is 33.0 Å². The van der Waals surface area contributed by atoms with Crippen LogP contribution >= 0.6 is 11.3 Å². The predicted octanol–water partition coefficient (Wildman–Crippen LogP) is 2.82. The lowest BCUT2D eigenvalue weighted by molar-refractivity contribution is -0.118. The number of rotatable bonds is 10. The maximum atomic E-state index is 12.5. The monoisotopic (exact) mass is 452 g/mol. The second-order valence-electron chi connectivity index (χ2n) is 7.08. The molecule has 0 radical (unpaired) electrons. The fraction of sp³-hybridized carbons (Fsp3) is 0.217. The molecule has 0 spiro atoms. The first-order valence-electron chi connectivity index (χ1n) is 9.99. The van der Waals surface area contributed by atoms with Crippen molar-refractivity contribution in [3.63, 3.8) is 0 Å². The SMILES string of the molecule is Cc1ccc(OCc2nc(CC(=O)Nc3ccccc3C(=O)NCCC(N)=O)cs2)cc1. The maximum Gasteiger partial charge on any atom is 0.253 e. The van der Waals surface area contributed by atoms with Gasteiger partial charge in [-0.15, -0.1) is 11.3 Å². The Morgan fingerprint density at radius 1 is 1.09 bits per heavy atom. The van der Waals surface area contributed by atoms with Gasteiger partial charge in [0, 0.05) is 18.3 Å². The van der Waals surface area contributed by atoms with Crippen molar-refractivity contribution < 1.29 is 19.1 Å². The van der Waals surface area contributed by atoms with Crippen molar-refractivity contribution in [3.05, 3.63) is 75.7 Å². The molecule has 0 fully saturated rings. The van der Waals surface area contributed by atoms with Gasteiger partial charge in [-0.25, -0.2) is 4.98 Å². The number of nitrogens with one attached hydrogen (secondary N) is 2. The molecule has 1 aromatic heterocycles. The number of thiazole rings is 1. The van der Waals surface area contributed by atoms with E-state index in [1.54, 1.807) is 24.3 Å². The van der Waals surface area contributed by atoms with Crippen molar-refractivity contribution in [1.82, 2.24) is 10.3 Å². The highest BCUT2D eigenvalue weighted by atomic mass is 32.1. The lowest BCUT2D eigenvalue weighted by Crippen LogP contribution is -2.29. The first kappa shape index (κ1) is 23.0. The van der Waals surface area contributed by atoms with E-state index in [0.29, 0.717) is 23.6 Å². The third-order valence-electron chi connectivity index (χ3n) is 4.43. The minimum absolute atomic E-state index is 0.0417. The van der Waals surface area contributed by atoms with Crippen molar-refractivity contribution in [1.29, 1.82) is 0 Å². The molecule has 3 amide bonds. The van der Waals surface area contributed by atoms with Crippen molar-refractivity contribution in [2.75, 3.05) is 11.9 Å². The molecule has 0 aliphatic rings. The molecule has 0 bridgehead atoms. The Hall–Kier alpha value is -3.72. The predicted molar refractivity (Wildman–Crippen MR) is 123 cm³/mol. The summed E-state index contributed by atoms with van der Waals surface area (Å²) in [7, 11) is 0. The minimum Gasteiger partial charge on any atom is -0.486 e. The number of para-hydroxylation sites is 1. The van der Waals surface area contributed by atoms with E-state index in [9.17, 15) is 14.4 Å². The van der Waals surface area contributed by atoms with Gasteiger partial charge in [0.15, 0.2) is 0 Å². The fourth-order valence-electron chi connectivity index (χ4n) is 2.82. The summed E-state index contributed by atoms with van der Waals surface area (Å²) in [5.41, 5.74) is 7.55. The van der Waals surface area contributed by atoms with E-state index >= 15 is 0 Å². The quantitative estimate of drug-likeness (QED) is 0.436. The topological polar surface area (TPSA) is 123 Å². The number of nitrogens with two attached hydrogens (primary N) is 1. The number of nitrogens with zero attached hydrogens (tertiary/aromatic N) is 1. The van der Waals surface area contributed by atoms with Crippen LogP contribution in [0.4, 0.5) is 5.69 Å². The molecule has 3 rings (SSSR count). The number of carbonyl (C=O) groups is 3. The van der Waals surface area contributed by atoms with Crippen LogP contribution in [0.2, 0.25) is 0 Å². The third kappa shape index (κ3) is 6.92. The standard InChI is InChI=1S/C23H24N4O4S/c1-15-6-8-17(9-7-15)31-13-22-26-16(14-32-22)12-21(29)27-19-5-3-2-4-18(19)23(30)25-11-10-20(24)28/h2-9,14H,10-13H2,1H3,(H2,24,28)(H,25,30)(H,27,29). The Balaban J connectivity index is 1.54. The average Bonchev–Trinajstić information content (AvgIpc) is 3.20. The van der Waals surface area contributed by atoms with E-state index in [1.165, 1.54) is 11.3 Å². The zero-order valence-corrected chi connectivity index (χ0v) is 18.4. The molecule has 0 aliphatic heterocycles. The van der Waals surface area contributed by atoms with E-state index in [-0.39, 0.29) is 25.3 Å². The van der Waals surface area contributed by atoms with Crippen molar-refractivity contribution in [2.24, 2.45) is 5.73 Å². The van der Waals surface area contributed by atoms with Crippen LogP contribution in [0.3, 0.4) is 0 Å². The average molecular weight is 453 g/mol. The van der Waals surface area contributed by atoms with E-state index in [1.807, 2.05) is 36.6 Å². The van der Waals surface area contributed by atoms with E-state index in [4.69, 9.17) is 10.5 Å². The van der Waals surface area contributed by atoms with Crippen molar-refractivity contribution in [2.45, 2.75) is 26.4 Å². The van der Waals surface area contributed by atoms with Crippen molar-refractivity contribution in [3.8, 4) is 5.75 Å². The maximum absolute atomic E-state index is 12.5. The Morgan fingerprint density at radius 2 is 1.84 bits per heavy atom. The van der Waals surface area contributed by atoms with Gasteiger partial charge in [0.25, 0.3) is 5.91 Å². The molecule has 2 aromatic carbocycles. The van der Waals surface area contributed by atoms with Gasteiger partial charge in [-0.05, 0) is 31.2 Å². The second kappa shape index (κ2) is 11.1. The number of hydrogen-bond acceptors (Lipinski definition) is 6. The number of amides is 3. The Kier molecular flexibility index (Phi) is 7.93. The van der Waals surface area contributed by atoms with Gasteiger partial charge < -0.3 is 21.1 Å². The first-order valence-corrected chi connectivity index (χ1v) is 10.9. The van der Waals surface area contributed by atoms with E-state index < -0.39 is 11.8 Å². The molecule has 0 aliphatic carbocycles. The molecular formula is C23H24N4O4S. The lowest BCUT2D eigenvalue weighted by atomic mass is 10.1. The van der Waals surface area contributed by atoms with Gasteiger partial charge in [0.2, 0.25) is 11.8 Å². The Bertz CT molecular complexity index is 1100. The number of ether oxygens (including phenoxy) is 1. The number of anilines is 1. The smallest absolute Gasteiger partial charge is 0.253 e. The van der Waals surface area contributed by atoms with E-state index in [0.717, 1.165) is 16.3 Å². The largest absolute Gasteiger partial charge is 0.486 e. The lowest BCUT2D eigenvalue weighted by Gasteiger charge is -2.11. The number of carbonyl (C=O) groups excluding carboxylic acids is 3. The number of aromatic nitrogens is 1. The highest BCUT2D eigenvalue weighted by Gasteiger charge is 2.14. The van der Waals surface area contributed by atoms with Crippen LogP contribution in [0, 0.1) is 6.92 Å². The van der Waals surface area contributed by atoms with Gasteiger partial charge in [-0.3, -0.25) is 14.4 Å². The third-order valence-corrected chi connectivity index (χ3v) is 5.30. The zero-order valence-electron chi connectivity index (χ0n) is 17.6. The summed E-state index contributed by atoms with van der Waals surface area (Å²) >= 11 is 1.42.